The lowest BCUT2D eigenvalue weighted by atomic mass is 9.74. The van der Waals surface area contributed by atoms with Crippen molar-refractivity contribution in [3.8, 4) is 6.07 Å². The number of carboxylic acids is 1. The summed E-state index contributed by atoms with van der Waals surface area (Å²) in [5.74, 6) is -2.11. The van der Waals surface area contributed by atoms with Crippen molar-refractivity contribution in [1.29, 1.82) is 5.26 Å². The summed E-state index contributed by atoms with van der Waals surface area (Å²) in [5, 5.41) is 17.9. The van der Waals surface area contributed by atoms with Crippen molar-refractivity contribution >= 4 is 5.97 Å². The first-order chi connectivity index (χ1) is 7.39. The van der Waals surface area contributed by atoms with Crippen LogP contribution in [0.4, 0.5) is 0 Å². The molecule has 0 fully saturated rings. The minimum atomic E-state index is -1.08. The van der Waals surface area contributed by atoms with Gasteiger partial charge in [-0.3, -0.25) is 4.79 Å². The van der Waals surface area contributed by atoms with Gasteiger partial charge in [0, 0.05) is 5.41 Å². The van der Waals surface area contributed by atoms with E-state index in [1.54, 1.807) is 13.8 Å². The van der Waals surface area contributed by atoms with Gasteiger partial charge in [0.1, 0.15) is 0 Å². The number of rotatable bonds is 3. The topological polar surface area (TPSA) is 61.1 Å². The molecule has 0 aliphatic rings. The van der Waals surface area contributed by atoms with Crippen molar-refractivity contribution < 1.29 is 9.90 Å². The number of carboxylic acid groups (broad SMARTS) is 1. The van der Waals surface area contributed by atoms with E-state index in [9.17, 15) is 4.79 Å². The quantitative estimate of drug-likeness (QED) is 0.846. The van der Waals surface area contributed by atoms with E-state index < -0.39 is 17.3 Å². The number of hydrogen-bond donors (Lipinski definition) is 1. The molecular weight excluding hydrogens is 202 g/mol. The second-order valence-electron chi connectivity index (χ2n) is 4.49. The van der Waals surface area contributed by atoms with Crippen LogP contribution in [0, 0.1) is 24.2 Å². The van der Waals surface area contributed by atoms with Gasteiger partial charge in [-0.2, -0.15) is 5.26 Å². The number of benzene rings is 1. The Hall–Kier alpha value is -1.82. The van der Waals surface area contributed by atoms with Gasteiger partial charge in [0.25, 0.3) is 0 Å². The molecule has 3 heteroatoms. The summed E-state index contributed by atoms with van der Waals surface area (Å²) < 4.78 is 0. The minimum absolute atomic E-state index is 0.686. The molecule has 0 aliphatic heterocycles. The number of hydrogen-bond acceptors (Lipinski definition) is 2. The molecule has 0 saturated carbocycles. The highest BCUT2D eigenvalue weighted by molar-refractivity contribution is 5.75. The van der Waals surface area contributed by atoms with Crippen LogP contribution in [0.1, 0.15) is 25.0 Å². The van der Waals surface area contributed by atoms with Gasteiger partial charge in [-0.15, -0.1) is 0 Å². The molecule has 1 N–H and O–H groups in total. The Bertz CT molecular complexity index is 426. The van der Waals surface area contributed by atoms with Crippen LogP contribution >= 0.6 is 0 Å². The molecule has 3 nitrogen and oxygen atoms in total. The SMILES string of the molecule is Cc1ccc(C(C)(C)C(C#N)C(=O)O)cc1. The third-order valence-corrected chi connectivity index (χ3v) is 2.89. The van der Waals surface area contributed by atoms with Crippen LogP contribution in [0.5, 0.6) is 0 Å². The summed E-state index contributed by atoms with van der Waals surface area (Å²) in [6.45, 7) is 5.52. The van der Waals surface area contributed by atoms with Crippen LogP contribution in [0.25, 0.3) is 0 Å². The van der Waals surface area contributed by atoms with Gasteiger partial charge < -0.3 is 5.11 Å². The third-order valence-electron chi connectivity index (χ3n) is 2.89. The molecule has 0 bridgehead atoms. The Morgan fingerprint density at radius 2 is 1.88 bits per heavy atom. The van der Waals surface area contributed by atoms with E-state index in [-0.39, 0.29) is 0 Å². The van der Waals surface area contributed by atoms with Gasteiger partial charge in [0.05, 0.1) is 6.07 Å². The van der Waals surface area contributed by atoms with E-state index in [4.69, 9.17) is 10.4 Å². The molecule has 0 amide bonds. The molecule has 0 radical (unpaired) electrons. The first-order valence-electron chi connectivity index (χ1n) is 5.09. The highest BCUT2D eigenvalue weighted by Crippen LogP contribution is 2.31. The second-order valence-corrected chi connectivity index (χ2v) is 4.49. The third kappa shape index (κ3) is 2.22. The van der Waals surface area contributed by atoms with E-state index in [0.29, 0.717) is 0 Å². The van der Waals surface area contributed by atoms with Gasteiger partial charge in [-0.05, 0) is 12.5 Å². The van der Waals surface area contributed by atoms with Gasteiger partial charge in [-0.25, -0.2) is 0 Å². The molecule has 1 aromatic carbocycles. The van der Waals surface area contributed by atoms with Gasteiger partial charge in [-0.1, -0.05) is 43.7 Å². The maximum absolute atomic E-state index is 11.0. The standard InChI is InChI=1S/C13H15NO2/c1-9-4-6-10(7-5-9)13(2,3)11(8-14)12(15)16/h4-7,11H,1-3H3,(H,15,16). The lowest BCUT2D eigenvalue weighted by molar-refractivity contribution is -0.141. The number of nitrogens with zero attached hydrogens (tertiary/aromatic N) is 1. The van der Waals surface area contributed by atoms with E-state index in [0.717, 1.165) is 11.1 Å². The highest BCUT2D eigenvalue weighted by atomic mass is 16.4. The number of carbonyl (C=O) groups is 1. The van der Waals surface area contributed by atoms with Crippen molar-refractivity contribution in [3.05, 3.63) is 35.4 Å². The Labute approximate surface area is 95.3 Å². The van der Waals surface area contributed by atoms with E-state index in [2.05, 4.69) is 0 Å². The van der Waals surface area contributed by atoms with E-state index in [1.807, 2.05) is 37.3 Å². The zero-order valence-electron chi connectivity index (χ0n) is 9.69. The maximum Gasteiger partial charge on any atom is 0.321 e. The molecule has 0 aliphatic carbocycles. The van der Waals surface area contributed by atoms with Crippen LogP contribution in [0.2, 0.25) is 0 Å². The molecule has 0 heterocycles. The van der Waals surface area contributed by atoms with Crippen molar-refractivity contribution in [1.82, 2.24) is 0 Å². The van der Waals surface area contributed by atoms with Crippen LogP contribution in [-0.2, 0) is 10.2 Å². The molecular formula is C13H15NO2. The summed E-state index contributed by atoms with van der Waals surface area (Å²) in [5.41, 5.74) is 1.30. The van der Waals surface area contributed by atoms with Crippen LogP contribution in [0.3, 0.4) is 0 Å². The predicted octanol–water partition coefficient (Wildman–Crippen LogP) is 2.50. The largest absolute Gasteiger partial charge is 0.480 e. The smallest absolute Gasteiger partial charge is 0.321 e. The molecule has 1 aromatic rings. The Kier molecular flexibility index (Phi) is 3.34. The monoisotopic (exact) mass is 217 g/mol. The van der Waals surface area contributed by atoms with Gasteiger partial charge in [0.15, 0.2) is 5.92 Å². The fourth-order valence-electron chi connectivity index (χ4n) is 1.68. The average Bonchev–Trinajstić information content (AvgIpc) is 2.18. The maximum atomic E-state index is 11.0. The van der Waals surface area contributed by atoms with E-state index in [1.165, 1.54) is 0 Å². The summed E-state index contributed by atoms with van der Waals surface area (Å²) in [4.78, 5) is 11.0. The molecule has 84 valence electrons. The Morgan fingerprint density at radius 3 is 2.25 bits per heavy atom. The molecule has 0 saturated heterocycles. The normalized spacial score (nSPS) is 12.9. The zero-order chi connectivity index (χ0) is 12.3. The zero-order valence-corrected chi connectivity index (χ0v) is 9.69. The lowest BCUT2D eigenvalue weighted by Gasteiger charge is -2.27. The molecule has 0 aromatic heterocycles. The summed E-state index contributed by atoms with van der Waals surface area (Å²) in [7, 11) is 0. The summed E-state index contributed by atoms with van der Waals surface area (Å²) in [6, 6.07) is 9.46. The van der Waals surface area contributed by atoms with Gasteiger partial charge in [0.2, 0.25) is 0 Å². The Balaban J connectivity index is 3.15. The lowest BCUT2D eigenvalue weighted by Crippen LogP contribution is -2.33. The van der Waals surface area contributed by atoms with Gasteiger partial charge >= 0.3 is 5.97 Å². The van der Waals surface area contributed by atoms with Crippen molar-refractivity contribution in [2.75, 3.05) is 0 Å². The van der Waals surface area contributed by atoms with Crippen LogP contribution in [0.15, 0.2) is 24.3 Å². The fraction of sp³-hybridized carbons (Fsp3) is 0.385. The first-order valence-corrected chi connectivity index (χ1v) is 5.09. The molecule has 1 unspecified atom stereocenters. The Morgan fingerprint density at radius 1 is 1.38 bits per heavy atom. The van der Waals surface area contributed by atoms with E-state index >= 15 is 0 Å². The number of aryl methyl sites for hydroxylation is 1. The van der Waals surface area contributed by atoms with Crippen LogP contribution in [-0.4, -0.2) is 11.1 Å². The predicted molar refractivity (Wildman–Crippen MR) is 60.9 cm³/mol. The molecule has 1 rings (SSSR count). The molecule has 16 heavy (non-hydrogen) atoms. The van der Waals surface area contributed by atoms with Crippen LogP contribution < -0.4 is 0 Å². The first kappa shape index (κ1) is 12.3. The number of nitriles is 1. The second kappa shape index (κ2) is 4.36. The highest BCUT2D eigenvalue weighted by Gasteiger charge is 2.36. The fourth-order valence-corrected chi connectivity index (χ4v) is 1.68. The average molecular weight is 217 g/mol. The molecule has 0 spiro atoms. The van der Waals surface area contributed by atoms with Crippen molar-refractivity contribution in [3.63, 3.8) is 0 Å². The van der Waals surface area contributed by atoms with Crippen molar-refractivity contribution in [2.24, 2.45) is 5.92 Å². The van der Waals surface area contributed by atoms with Crippen molar-refractivity contribution in [2.45, 2.75) is 26.2 Å². The molecule has 1 atom stereocenters. The minimum Gasteiger partial charge on any atom is -0.480 e. The number of aliphatic carboxylic acids is 1. The summed E-state index contributed by atoms with van der Waals surface area (Å²) in [6.07, 6.45) is 0. The summed E-state index contributed by atoms with van der Waals surface area (Å²) >= 11 is 0.